The predicted octanol–water partition coefficient (Wildman–Crippen LogP) is 3.75. The molecule has 2 N–H and O–H groups in total. The highest BCUT2D eigenvalue weighted by Crippen LogP contribution is 2.29. The minimum absolute atomic E-state index is 0. The van der Waals surface area contributed by atoms with Gasteiger partial charge in [-0.25, -0.2) is 0 Å². The number of nitrogens with one attached hydrogen (secondary N) is 2. The summed E-state index contributed by atoms with van der Waals surface area (Å²) in [4.78, 5) is 4.31. The van der Waals surface area contributed by atoms with Crippen molar-refractivity contribution < 1.29 is 0 Å². The van der Waals surface area contributed by atoms with Crippen LogP contribution in [0.25, 0.3) is 5.65 Å². The molecule has 3 rings (SSSR count). The van der Waals surface area contributed by atoms with E-state index >= 15 is 0 Å². The number of aromatic nitrogens is 3. The quantitative estimate of drug-likeness (QED) is 0.293. The van der Waals surface area contributed by atoms with Crippen LogP contribution < -0.4 is 10.6 Å². The molecule has 0 aliphatic rings. The van der Waals surface area contributed by atoms with Crippen LogP contribution in [-0.4, -0.2) is 34.2 Å². The van der Waals surface area contributed by atoms with Crippen molar-refractivity contribution in [2.75, 3.05) is 13.6 Å². The number of pyridine rings is 1. The zero-order chi connectivity index (χ0) is 18.6. The van der Waals surface area contributed by atoms with Crippen LogP contribution in [-0.2, 0) is 12.0 Å². The summed E-state index contributed by atoms with van der Waals surface area (Å²) in [7, 11) is 1.77. The monoisotopic (exact) mass is 542 g/mol. The summed E-state index contributed by atoms with van der Waals surface area (Å²) in [6, 6.07) is 14.2. The molecule has 1 aromatic carbocycles. The van der Waals surface area contributed by atoms with Crippen molar-refractivity contribution in [1.82, 2.24) is 25.2 Å². The Labute approximate surface area is 185 Å². The number of benzene rings is 1. The zero-order valence-corrected chi connectivity index (χ0v) is 19.5. The number of aliphatic imine (C=N–C) groups is 1. The number of nitrogens with zero attached hydrogens (tertiary/aromatic N) is 4. The summed E-state index contributed by atoms with van der Waals surface area (Å²) < 4.78 is 3.08. The number of hydrogen-bond donors (Lipinski definition) is 2. The Morgan fingerprint density at radius 2 is 1.85 bits per heavy atom. The van der Waals surface area contributed by atoms with E-state index in [-0.39, 0.29) is 29.4 Å². The second-order valence-electron chi connectivity index (χ2n) is 6.69. The fourth-order valence-electron chi connectivity index (χ4n) is 2.80. The van der Waals surface area contributed by atoms with Gasteiger partial charge in [0, 0.05) is 29.7 Å². The van der Waals surface area contributed by atoms with E-state index in [4.69, 9.17) is 0 Å². The molecule has 0 aliphatic carbocycles. The van der Waals surface area contributed by atoms with Crippen molar-refractivity contribution in [3.8, 4) is 0 Å². The van der Waals surface area contributed by atoms with Crippen LogP contribution in [0.4, 0.5) is 0 Å². The van der Waals surface area contributed by atoms with Crippen LogP contribution >= 0.6 is 39.9 Å². The largest absolute Gasteiger partial charge is 0.356 e. The predicted molar refractivity (Wildman–Crippen MR) is 124 cm³/mol. The Hall–Kier alpha value is -1.68. The average Bonchev–Trinajstić information content (AvgIpc) is 3.05. The number of rotatable bonds is 5. The minimum Gasteiger partial charge on any atom is -0.356 e. The maximum Gasteiger partial charge on any atom is 0.191 e. The Kier molecular flexibility index (Phi) is 7.60. The van der Waals surface area contributed by atoms with Gasteiger partial charge in [0.2, 0.25) is 0 Å². The maximum absolute atomic E-state index is 4.31. The molecule has 0 amide bonds. The van der Waals surface area contributed by atoms with Crippen LogP contribution in [0.3, 0.4) is 0 Å². The van der Waals surface area contributed by atoms with E-state index in [2.05, 4.69) is 73.8 Å². The second kappa shape index (κ2) is 9.50. The number of hydrogen-bond acceptors (Lipinski definition) is 3. The standard InChI is InChI=1S/C19H23BrN6.HI/c1-19(2,14-8-4-5-9-15(14)20)13-23-18(21-3)22-12-17-25-24-16-10-6-7-11-26(16)17;/h4-11H,12-13H2,1-3H3,(H2,21,22,23);1H. The van der Waals surface area contributed by atoms with E-state index in [1.54, 1.807) is 7.05 Å². The molecule has 0 saturated heterocycles. The first kappa shape index (κ1) is 21.6. The van der Waals surface area contributed by atoms with Crippen LogP contribution in [0.2, 0.25) is 0 Å². The van der Waals surface area contributed by atoms with Crippen molar-refractivity contribution in [3.05, 3.63) is 64.5 Å². The van der Waals surface area contributed by atoms with Crippen LogP contribution in [0.5, 0.6) is 0 Å². The van der Waals surface area contributed by atoms with Gasteiger partial charge in [0.15, 0.2) is 17.4 Å². The molecule has 27 heavy (non-hydrogen) atoms. The second-order valence-corrected chi connectivity index (χ2v) is 7.54. The molecule has 0 radical (unpaired) electrons. The highest BCUT2D eigenvalue weighted by Gasteiger charge is 2.23. The zero-order valence-electron chi connectivity index (χ0n) is 15.6. The number of guanidine groups is 1. The normalized spacial score (nSPS) is 11.9. The van der Waals surface area contributed by atoms with Gasteiger partial charge in [0.05, 0.1) is 6.54 Å². The van der Waals surface area contributed by atoms with Gasteiger partial charge in [0.1, 0.15) is 0 Å². The maximum atomic E-state index is 4.31. The average molecular weight is 543 g/mol. The number of halogens is 2. The van der Waals surface area contributed by atoms with Crippen LogP contribution in [0, 0.1) is 0 Å². The molecule has 0 saturated carbocycles. The molecular formula is C19H24BrIN6. The van der Waals surface area contributed by atoms with E-state index in [1.165, 1.54) is 5.56 Å². The van der Waals surface area contributed by atoms with Gasteiger partial charge in [-0.2, -0.15) is 0 Å². The van der Waals surface area contributed by atoms with Crippen molar-refractivity contribution in [2.24, 2.45) is 4.99 Å². The molecule has 0 aliphatic heterocycles. The van der Waals surface area contributed by atoms with E-state index in [0.717, 1.165) is 28.4 Å². The molecule has 3 aromatic rings. The van der Waals surface area contributed by atoms with Gasteiger partial charge in [-0.05, 0) is 23.8 Å². The van der Waals surface area contributed by atoms with E-state index < -0.39 is 0 Å². The summed E-state index contributed by atoms with van der Waals surface area (Å²) in [6.07, 6.45) is 1.96. The van der Waals surface area contributed by atoms with Crippen LogP contribution in [0.15, 0.2) is 58.1 Å². The smallest absolute Gasteiger partial charge is 0.191 e. The summed E-state index contributed by atoms with van der Waals surface area (Å²) >= 11 is 3.64. The van der Waals surface area contributed by atoms with Gasteiger partial charge in [0.25, 0.3) is 0 Å². The first-order valence-corrected chi connectivity index (χ1v) is 9.29. The fourth-order valence-corrected chi connectivity index (χ4v) is 3.63. The van der Waals surface area contributed by atoms with Gasteiger partial charge in [-0.3, -0.25) is 9.39 Å². The number of fused-ring (bicyclic) bond motifs is 1. The minimum atomic E-state index is -0.0563. The Morgan fingerprint density at radius 1 is 1.11 bits per heavy atom. The topological polar surface area (TPSA) is 66.6 Å². The van der Waals surface area contributed by atoms with E-state index in [0.29, 0.717) is 6.54 Å². The molecule has 144 valence electrons. The summed E-state index contributed by atoms with van der Waals surface area (Å²) in [6.45, 7) is 5.70. The molecule has 0 bridgehead atoms. The third kappa shape index (κ3) is 5.19. The molecule has 0 atom stereocenters. The molecule has 0 fully saturated rings. The molecule has 8 heteroatoms. The molecule has 2 heterocycles. The first-order chi connectivity index (χ1) is 12.5. The molecular weight excluding hydrogens is 519 g/mol. The van der Waals surface area contributed by atoms with E-state index in [1.807, 2.05) is 34.9 Å². The third-order valence-corrected chi connectivity index (χ3v) is 5.01. The summed E-state index contributed by atoms with van der Waals surface area (Å²) in [5.41, 5.74) is 2.04. The van der Waals surface area contributed by atoms with Crippen molar-refractivity contribution in [3.63, 3.8) is 0 Å². The lowest BCUT2D eigenvalue weighted by atomic mass is 9.84. The van der Waals surface area contributed by atoms with Gasteiger partial charge >= 0.3 is 0 Å². The highest BCUT2D eigenvalue weighted by atomic mass is 127. The van der Waals surface area contributed by atoms with Gasteiger partial charge in [-0.1, -0.05) is 54.0 Å². The first-order valence-electron chi connectivity index (χ1n) is 8.49. The molecule has 0 spiro atoms. The SMILES string of the molecule is CN=C(NCc1nnc2ccccn12)NCC(C)(C)c1ccccc1Br.I. The van der Waals surface area contributed by atoms with Gasteiger partial charge < -0.3 is 10.6 Å². The van der Waals surface area contributed by atoms with Crippen molar-refractivity contribution in [2.45, 2.75) is 25.8 Å². The Balaban J connectivity index is 0.00000261. The Morgan fingerprint density at radius 3 is 2.59 bits per heavy atom. The summed E-state index contributed by atoms with van der Waals surface area (Å²) in [5.74, 6) is 1.58. The van der Waals surface area contributed by atoms with Gasteiger partial charge in [-0.15, -0.1) is 34.2 Å². The Bertz CT molecular complexity index is 921. The molecule has 2 aromatic heterocycles. The lowest BCUT2D eigenvalue weighted by Gasteiger charge is -2.27. The van der Waals surface area contributed by atoms with Crippen molar-refractivity contribution in [1.29, 1.82) is 0 Å². The lowest BCUT2D eigenvalue weighted by Crippen LogP contribution is -2.43. The lowest BCUT2D eigenvalue weighted by molar-refractivity contribution is 0.506. The van der Waals surface area contributed by atoms with Crippen molar-refractivity contribution >= 4 is 51.5 Å². The molecule has 6 nitrogen and oxygen atoms in total. The fraction of sp³-hybridized carbons (Fsp3) is 0.316. The third-order valence-electron chi connectivity index (χ3n) is 4.32. The van der Waals surface area contributed by atoms with Crippen LogP contribution in [0.1, 0.15) is 25.2 Å². The van der Waals surface area contributed by atoms with E-state index in [9.17, 15) is 0 Å². The highest BCUT2D eigenvalue weighted by molar-refractivity contribution is 14.0. The summed E-state index contributed by atoms with van der Waals surface area (Å²) in [5, 5.41) is 15.1. The molecule has 0 unspecified atom stereocenters.